The highest BCUT2D eigenvalue weighted by atomic mass is 16.1. The maximum Gasteiger partial charge on any atom is 0.301 e. The van der Waals surface area contributed by atoms with Crippen LogP contribution in [0.3, 0.4) is 0 Å². The Labute approximate surface area is 207 Å². The zero-order valence-corrected chi connectivity index (χ0v) is 19.7. The summed E-state index contributed by atoms with van der Waals surface area (Å²) >= 11 is 0. The van der Waals surface area contributed by atoms with E-state index in [2.05, 4.69) is 23.3 Å². The van der Waals surface area contributed by atoms with Crippen molar-refractivity contribution in [1.82, 2.24) is 29.3 Å². The minimum atomic E-state index is -0.169. The summed E-state index contributed by atoms with van der Waals surface area (Å²) in [6, 6.07) is 24.4. The van der Waals surface area contributed by atoms with Crippen molar-refractivity contribution in [3.05, 3.63) is 112 Å². The van der Waals surface area contributed by atoms with E-state index in [-0.39, 0.29) is 5.56 Å². The van der Waals surface area contributed by atoms with Gasteiger partial charge in [-0.05, 0) is 72.7 Å². The first-order valence-electron chi connectivity index (χ1n) is 12.3. The van der Waals surface area contributed by atoms with Gasteiger partial charge in [-0.3, -0.25) is 9.48 Å². The molecule has 0 bridgehead atoms. The van der Waals surface area contributed by atoms with Crippen molar-refractivity contribution in [1.29, 1.82) is 0 Å². The lowest BCUT2D eigenvalue weighted by atomic mass is 9.90. The molecule has 0 N–H and O–H groups in total. The number of nitrogens with zero attached hydrogens (tertiary/aromatic N) is 6. The minimum Gasteiger partial charge on any atom is -0.265 e. The van der Waals surface area contributed by atoms with E-state index in [4.69, 9.17) is 10.2 Å². The van der Waals surface area contributed by atoms with Gasteiger partial charge in [-0.1, -0.05) is 42.5 Å². The Morgan fingerprint density at radius 3 is 2.53 bits per heavy atom. The molecule has 0 amide bonds. The molecule has 0 saturated carbocycles. The largest absolute Gasteiger partial charge is 0.301 e. The maximum atomic E-state index is 13.7. The van der Waals surface area contributed by atoms with Crippen LogP contribution >= 0.6 is 0 Å². The van der Waals surface area contributed by atoms with E-state index in [9.17, 15) is 4.79 Å². The van der Waals surface area contributed by atoms with Crippen molar-refractivity contribution < 1.29 is 0 Å². The van der Waals surface area contributed by atoms with Crippen molar-refractivity contribution in [3.8, 4) is 22.8 Å². The predicted molar refractivity (Wildman–Crippen MR) is 139 cm³/mol. The first-order valence-corrected chi connectivity index (χ1v) is 12.3. The Hall–Kier alpha value is -4.52. The number of aromatic nitrogens is 6. The zero-order chi connectivity index (χ0) is 24.1. The van der Waals surface area contributed by atoms with Crippen LogP contribution in [-0.4, -0.2) is 29.3 Å². The second kappa shape index (κ2) is 8.30. The van der Waals surface area contributed by atoms with E-state index >= 15 is 0 Å². The van der Waals surface area contributed by atoms with E-state index in [1.54, 1.807) is 10.9 Å². The first-order chi connectivity index (χ1) is 17.8. The van der Waals surface area contributed by atoms with Gasteiger partial charge in [0.25, 0.3) is 0 Å². The highest BCUT2D eigenvalue weighted by molar-refractivity contribution is 5.92. The summed E-state index contributed by atoms with van der Waals surface area (Å²) in [6.07, 6.45) is 8.05. The molecule has 1 aromatic heterocycles. The predicted octanol–water partition coefficient (Wildman–Crippen LogP) is 4.80. The second-order valence-corrected chi connectivity index (χ2v) is 9.33. The summed E-state index contributed by atoms with van der Waals surface area (Å²) in [5.74, 6) is 0. The van der Waals surface area contributed by atoms with Crippen molar-refractivity contribution in [2.45, 2.75) is 32.2 Å². The third-order valence-electron chi connectivity index (χ3n) is 7.11. The SMILES string of the molecule is O=c1c2nn(Cc3ccc(-n4cccn4)cc3)c3ccccc3c-2nn1-c1cccc2c1CCCC2. The monoisotopic (exact) mass is 472 g/mol. The number of hydrogen-bond acceptors (Lipinski definition) is 4. The quantitative estimate of drug-likeness (QED) is 0.370. The van der Waals surface area contributed by atoms with Crippen LogP contribution in [0.15, 0.2) is 90.0 Å². The van der Waals surface area contributed by atoms with Gasteiger partial charge in [0.15, 0.2) is 5.69 Å². The van der Waals surface area contributed by atoms with Crippen LogP contribution in [0, 0.1) is 0 Å². The molecule has 3 heterocycles. The molecule has 0 atom stereocenters. The summed E-state index contributed by atoms with van der Waals surface area (Å²) in [5.41, 5.74) is 7.36. The van der Waals surface area contributed by atoms with Gasteiger partial charge in [0, 0.05) is 17.8 Å². The van der Waals surface area contributed by atoms with E-state index in [0.29, 0.717) is 17.9 Å². The lowest BCUT2D eigenvalue weighted by Gasteiger charge is -2.18. The summed E-state index contributed by atoms with van der Waals surface area (Å²) in [6.45, 7) is 0.543. The number of hydrogen-bond donors (Lipinski definition) is 0. The van der Waals surface area contributed by atoms with Gasteiger partial charge >= 0.3 is 5.56 Å². The molecular formula is C29H24N6O. The molecule has 7 nitrogen and oxygen atoms in total. The van der Waals surface area contributed by atoms with Crippen LogP contribution in [0.5, 0.6) is 0 Å². The second-order valence-electron chi connectivity index (χ2n) is 9.33. The molecule has 7 heteroatoms. The Bertz CT molecular complexity index is 1730. The van der Waals surface area contributed by atoms with Crippen LogP contribution < -0.4 is 5.56 Å². The van der Waals surface area contributed by atoms with Gasteiger partial charge in [-0.25, -0.2) is 4.68 Å². The van der Waals surface area contributed by atoms with Crippen LogP contribution in [0.2, 0.25) is 0 Å². The molecule has 3 aliphatic rings. The standard InChI is InChI=1S/C29H24N6O/c36-29-28-27(32-35(29)26-12-5-8-21-7-1-2-9-23(21)26)24-10-3-4-11-25(24)34(31-28)19-20-13-15-22(16-14-20)33-18-6-17-30-33/h3-6,8,10-18H,1-2,7,9,19H2. The number of aryl methyl sites for hydroxylation is 1. The number of fused-ring (bicyclic) bond motifs is 4. The van der Waals surface area contributed by atoms with Gasteiger partial charge in [-0.15, -0.1) is 0 Å². The lowest BCUT2D eigenvalue weighted by Crippen LogP contribution is -2.19. The van der Waals surface area contributed by atoms with Gasteiger partial charge in [-0.2, -0.15) is 20.0 Å². The Morgan fingerprint density at radius 1 is 0.806 bits per heavy atom. The van der Waals surface area contributed by atoms with Gasteiger partial charge in [0.05, 0.1) is 23.4 Å². The Morgan fingerprint density at radius 2 is 1.67 bits per heavy atom. The number of para-hydroxylation sites is 1. The van der Waals surface area contributed by atoms with Crippen LogP contribution in [0.25, 0.3) is 33.7 Å². The molecule has 0 unspecified atom stereocenters. The Balaban J connectivity index is 1.35. The molecule has 176 valence electrons. The third-order valence-corrected chi connectivity index (χ3v) is 7.11. The van der Waals surface area contributed by atoms with E-state index in [1.807, 2.05) is 70.2 Å². The molecule has 0 spiro atoms. The highest BCUT2D eigenvalue weighted by Gasteiger charge is 2.24. The van der Waals surface area contributed by atoms with Crippen molar-refractivity contribution in [2.75, 3.05) is 0 Å². The average molecular weight is 473 g/mol. The fraction of sp³-hybridized carbons (Fsp3) is 0.172. The smallest absolute Gasteiger partial charge is 0.265 e. The molecule has 1 aliphatic carbocycles. The lowest BCUT2D eigenvalue weighted by molar-refractivity contribution is 0.675. The summed E-state index contributed by atoms with van der Waals surface area (Å²) in [7, 11) is 0. The maximum absolute atomic E-state index is 13.7. The molecule has 0 radical (unpaired) electrons. The number of rotatable bonds is 4. The molecule has 0 saturated heterocycles. The topological polar surface area (TPSA) is 70.5 Å². The van der Waals surface area contributed by atoms with Crippen molar-refractivity contribution in [3.63, 3.8) is 0 Å². The normalized spacial score (nSPS) is 13.3. The first kappa shape index (κ1) is 20.8. The number of benzene rings is 3. The summed E-state index contributed by atoms with van der Waals surface area (Å²) in [4.78, 5) is 13.7. The molecule has 2 aliphatic heterocycles. The molecule has 7 rings (SSSR count). The molecule has 0 fully saturated rings. The van der Waals surface area contributed by atoms with Crippen molar-refractivity contribution >= 4 is 10.9 Å². The summed E-state index contributed by atoms with van der Waals surface area (Å²) in [5, 5.41) is 14.9. The van der Waals surface area contributed by atoms with E-state index in [1.165, 1.54) is 17.5 Å². The minimum absolute atomic E-state index is 0.169. The van der Waals surface area contributed by atoms with Crippen molar-refractivity contribution in [2.24, 2.45) is 0 Å². The summed E-state index contributed by atoms with van der Waals surface area (Å²) < 4.78 is 5.31. The van der Waals surface area contributed by atoms with Gasteiger partial charge < -0.3 is 0 Å². The van der Waals surface area contributed by atoms with Crippen LogP contribution in [0.1, 0.15) is 29.5 Å². The van der Waals surface area contributed by atoms with Crippen LogP contribution in [-0.2, 0) is 19.4 Å². The van der Waals surface area contributed by atoms with Gasteiger partial charge in [0.1, 0.15) is 5.69 Å². The Kier molecular flexibility index (Phi) is 4.80. The molecular weight excluding hydrogens is 448 g/mol. The molecule has 3 aromatic carbocycles. The fourth-order valence-electron chi connectivity index (χ4n) is 5.33. The fourth-order valence-corrected chi connectivity index (χ4v) is 5.33. The van der Waals surface area contributed by atoms with E-state index in [0.717, 1.165) is 47.1 Å². The highest BCUT2D eigenvalue weighted by Crippen LogP contribution is 2.30. The van der Waals surface area contributed by atoms with E-state index < -0.39 is 0 Å². The average Bonchev–Trinajstić information content (AvgIpc) is 3.58. The molecule has 36 heavy (non-hydrogen) atoms. The third kappa shape index (κ3) is 3.35. The van der Waals surface area contributed by atoms with Gasteiger partial charge in [0.2, 0.25) is 0 Å². The van der Waals surface area contributed by atoms with Crippen LogP contribution in [0.4, 0.5) is 0 Å². The zero-order valence-electron chi connectivity index (χ0n) is 19.7. The molecule has 4 aromatic rings.